The van der Waals surface area contributed by atoms with E-state index in [-0.39, 0.29) is 11.9 Å². The van der Waals surface area contributed by atoms with Crippen LogP contribution in [0.2, 0.25) is 0 Å². The summed E-state index contributed by atoms with van der Waals surface area (Å²) >= 11 is 1.60. The van der Waals surface area contributed by atoms with Gasteiger partial charge >= 0.3 is 0 Å². The Morgan fingerprint density at radius 1 is 1.28 bits per heavy atom. The van der Waals surface area contributed by atoms with E-state index in [1.807, 2.05) is 19.2 Å². The summed E-state index contributed by atoms with van der Waals surface area (Å²) in [6, 6.07) is 9.22. The number of halogens is 1. The van der Waals surface area contributed by atoms with Gasteiger partial charge in [0.25, 0.3) is 0 Å². The van der Waals surface area contributed by atoms with Crippen LogP contribution in [0.1, 0.15) is 17.8 Å². The van der Waals surface area contributed by atoms with Crippen molar-refractivity contribution in [2.24, 2.45) is 0 Å². The Morgan fingerprint density at radius 3 is 2.67 bits per heavy atom. The van der Waals surface area contributed by atoms with Crippen LogP contribution in [-0.4, -0.2) is 14.2 Å². The van der Waals surface area contributed by atoms with Crippen LogP contribution in [0.25, 0.3) is 10.4 Å². The van der Waals surface area contributed by atoms with Crippen LogP contribution in [-0.2, 0) is 0 Å². The van der Waals surface area contributed by atoms with E-state index in [2.05, 4.69) is 12.2 Å². The predicted molar refractivity (Wildman–Crippen MR) is 73.7 cm³/mol. The number of ether oxygens (including phenoxy) is 1. The van der Waals surface area contributed by atoms with Crippen LogP contribution < -0.4 is 10.1 Å². The fourth-order valence-electron chi connectivity index (χ4n) is 1.70. The highest BCUT2D eigenvalue weighted by atomic mass is 32.1. The van der Waals surface area contributed by atoms with Crippen molar-refractivity contribution in [3.05, 3.63) is 41.0 Å². The molecule has 1 atom stereocenters. The zero-order valence-corrected chi connectivity index (χ0v) is 11.5. The summed E-state index contributed by atoms with van der Waals surface area (Å²) in [6.45, 7) is 2.08. The first kappa shape index (κ1) is 13.1. The molecule has 0 amide bonds. The molecule has 0 bridgehead atoms. The Balaban J connectivity index is 2.34. The molecule has 2 rings (SSSR count). The molecule has 0 spiro atoms. The number of thiophene rings is 1. The zero-order chi connectivity index (χ0) is 13.1. The topological polar surface area (TPSA) is 21.3 Å². The van der Waals surface area contributed by atoms with Crippen LogP contribution in [0.3, 0.4) is 0 Å². The molecule has 1 heterocycles. The summed E-state index contributed by atoms with van der Waals surface area (Å²) in [5.74, 6) is 0.288. The Morgan fingerprint density at radius 2 is 2.06 bits per heavy atom. The van der Waals surface area contributed by atoms with Crippen LogP contribution in [0.15, 0.2) is 30.3 Å². The van der Waals surface area contributed by atoms with Crippen LogP contribution in [0.4, 0.5) is 4.39 Å². The highest BCUT2D eigenvalue weighted by Crippen LogP contribution is 2.33. The predicted octanol–water partition coefficient (Wildman–Crippen LogP) is 3.84. The van der Waals surface area contributed by atoms with Gasteiger partial charge in [-0.15, -0.1) is 11.3 Å². The van der Waals surface area contributed by atoms with Gasteiger partial charge in [-0.1, -0.05) is 0 Å². The summed E-state index contributed by atoms with van der Waals surface area (Å²) in [6.07, 6.45) is 0. The SMILES string of the molecule is CNC(C)c1ccc(-c2ccc(OC)cc2F)s1. The molecule has 1 unspecified atom stereocenters. The molecule has 0 radical (unpaired) electrons. The number of nitrogens with one attached hydrogen (secondary N) is 1. The third-order valence-electron chi connectivity index (χ3n) is 2.93. The minimum Gasteiger partial charge on any atom is -0.497 e. The third-order valence-corrected chi connectivity index (χ3v) is 4.23. The molecule has 18 heavy (non-hydrogen) atoms. The van der Waals surface area contributed by atoms with Gasteiger partial charge in [0.05, 0.1) is 7.11 Å². The molecule has 0 aliphatic carbocycles. The number of methoxy groups -OCH3 is 1. The van der Waals surface area contributed by atoms with E-state index < -0.39 is 0 Å². The molecule has 0 aliphatic rings. The summed E-state index contributed by atoms with van der Waals surface area (Å²) in [4.78, 5) is 2.13. The van der Waals surface area contributed by atoms with Gasteiger partial charge in [-0.2, -0.15) is 0 Å². The average molecular weight is 265 g/mol. The molecule has 1 N–H and O–H groups in total. The van der Waals surface area contributed by atoms with E-state index in [4.69, 9.17) is 4.74 Å². The van der Waals surface area contributed by atoms with Crippen molar-refractivity contribution in [3.63, 3.8) is 0 Å². The second-order valence-electron chi connectivity index (χ2n) is 4.06. The highest BCUT2D eigenvalue weighted by Gasteiger charge is 2.11. The van der Waals surface area contributed by atoms with E-state index in [0.717, 1.165) is 4.88 Å². The lowest BCUT2D eigenvalue weighted by atomic mass is 10.1. The van der Waals surface area contributed by atoms with Gasteiger partial charge in [0.2, 0.25) is 0 Å². The van der Waals surface area contributed by atoms with E-state index in [0.29, 0.717) is 11.3 Å². The molecule has 0 saturated carbocycles. The lowest BCUT2D eigenvalue weighted by Crippen LogP contribution is -2.10. The summed E-state index contributed by atoms with van der Waals surface area (Å²) < 4.78 is 18.9. The van der Waals surface area contributed by atoms with E-state index in [1.165, 1.54) is 18.1 Å². The monoisotopic (exact) mass is 265 g/mol. The van der Waals surface area contributed by atoms with Gasteiger partial charge in [-0.25, -0.2) is 4.39 Å². The first-order valence-corrected chi connectivity index (χ1v) is 6.58. The van der Waals surface area contributed by atoms with Gasteiger partial charge in [-0.05, 0) is 38.2 Å². The van der Waals surface area contributed by atoms with Crippen molar-refractivity contribution in [2.75, 3.05) is 14.2 Å². The maximum Gasteiger partial charge on any atom is 0.135 e. The number of benzene rings is 1. The van der Waals surface area contributed by atoms with Crippen LogP contribution in [0, 0.1) is 5.82 Å². The lowest BCUT2D eigenvalue weighted by Gasteiger charge is -2.06. The van der Waals surface area contributed by atoms with Gasteiger partial charge in [0.15, 0.2) is 0 Å². The summed E-state index contributed by atoms with van der Waals surface area (Å²) in [7, 11) is 3.45. The third kappa shape index (κ3) is 2.54. The Bertz CT molecular complexity index is 538. The number of hydrogen-bond donors (Lipinski definition) is 1. The van der Waals surface area contributed by atoms with E-state index >= 15 is 0 Å². The fourth-order valence-corrected chi connectivity index (χ4v) is 2.79. The Hall–Kier alpha value is -1.39. The van der Waals surface area contributed by atoms with Gasteiger partial charge < -0.3 is 10.1 Å². The molecule has 1 aromatic carbocycles. The van der Waals surface area contributed by atoms with Crippen LogP contribution in [0.5, 0.6) is 5.75 Å². The number of rotatable bonds is 4. The first-order chi connectivity index (χ1) is 8.65. The molecule has 2 nitrogen and oxygen atoms in total. The highest BCUT2D eigenvalue weighted by molar-refractivity contribution is 7.15. The standard InChI is InChI=1S/C14H16FNOS/c1-9(16-2)13-6-7-14(18-13)11-5-4-10(17-3)8-12(11)15/h4-9,16H,1-3H3. The second kappa shape index (κ2) is 5.50. The minimum atomic E-state index is -0.250. The molecule has 0 fully saturated rings. The molecule has 0 aliphatic heterocycles. The molecule has 4 heteroatoms. The van der Waals surface area contributed by atoms with Gasteiger partial charge in [0.1, 0.15) is 11.6 Å². The van der Waals surface area contributed by atoms with Gasteiger partial charge in [0, 0.05) is 27.4 Å². The van der Waals surface area contributed by atoms with Crippen molar-refractivity contribution in [2.45, 2.75) is 13.0 Å². The van der Waals surface area contributed by atoms with Crippen molar-refractivity contribution < 1.29 is 9.13 Å². The molecule has 96 valence electrons. The van der Waals surface area contributed by atoms with Crippen molar-refractivity contribution in [3.8, 4) is 16.2 Å². The Labute approximate surface area is 110 Å². The summed E-state index contributed by atoms with van der Waals surface area (Å²) in [5.41, 5.74) is 0.621. The molecular weight excluding hydrogens is 249 g/mol. The van der Waals surface area contributed by atoms with Crippen molar-refractivity contribution >= 4 is 11.3 Å². The Kier molecular flexibility index (Phi) is 3.99. The molecule has 1 aromatic heterocycles. The molecule has 0 saturated heterocycles. The van der Waals surface area contributed by atoms with Gasteiger partial charge in [-0.3, -0.25) is 0 Å². The first-order valence-electron chi connectivity index (χ1n) is 5.76. The smallest absolute Gasteiger partial charge is 0.135 e. The van der Waals surface area contributed by atoms with E-state index in [1.54, 1.807) is 23.5 Å². The van der Waals surface area contributed by atoms with Crippen molar-refractivity contribution in [1.29, 1.82) is 0 Å². The largest absolute Gasteiger partial charge is 0.497 e. The van der Waals surface area contributed by atoms with E-state index in [9.17, 15) is 4.39 Å². The minimum absolute atomic E-state index is 0.250. The molecule has 2 aromatic rings. The fraction of sp³-hybridized carbons (Fsp3) is 0.286. The lowest BCUT2D eigenvalue weighted by molar-refractivity contribution is 0.411. The van der Waals surface area contributed by atoms with Crippen LogP contribution >= 0.6 is 11.3 Å². The maximum atomic E-state index is 13.9. The maximum absolute atomic E-state index is 13.9. The summed E-state index contributed by atoms with van der Waals surface area (Å²) in [5, 5.41) is 3.18. The quantitative estimate of drug-likeness (QED) is 0.906. The normalized spacial score (nSPS) is 12.4. The average Bonchev–Trinajstić information content (AvgIpc) is 2.87. The number of hydrogen-bond acceptors (Lipinski definition) is 3. The zero-order valence-electron chi connectivity index (χ0n) is 10.7. The molecular formula is C14H16FNOS. The second-order valence-corrected chi connectivity index (χ2v) is 5.17. The van der Waals surface area contributed by atoms with Crippen molar-refractivity contribution in [1.82, 2.24) is 5.32 Å².